The van der Waals surface area contributed by atoms with E-state index >= 15 is 0 Å². The fraction of sp³-hybridized carbons (Fsp3) is 0.263. The van der Waals surface area contributed by atoms with Crippen molar-refractivity contribution in [2.75, 3.05) is 12.3 Å². The Hall–Kier alpha value is -2.67. The number of tetrazole rings is 1. The molecule has 1 atom stereocenters. The smallest absolute Gasteiger partial charge is 0.245 e. The molecule has 1 aromatic heterocycles. The van der Waals surface area contributed by atoms with Gasteiger partial charge in [0.1, 0.15) is 12.4 Å². The topological polar surface area (TPSA) is 72.7 Å². The molecule has 0 radical (unpaired) electrons. The SMILES string of the molecule is O=C(NCCSCc1ccccc1)[C@H](Cc1ccccc1)n1cnnn1. The van der Waals surface area contributed by atoms with Crippen LogP contribution in [0.3, 0.4) is 0 Å². The van der Waals surface area contributed by atoms with Crippen LogP contribution in [0.5, 0.6) is 0 Å². The Morgan fingerprint density at radius 1 is 1.04 bits per heavy atom. The molecule has 0 aliphatic heterocycles. The average Bonchev–Trinajstić information content (AvgIpc) is 3.22. The Morgan fingerprint density at radius 3 is 2.38 bits per heavy atom. The van der Waals surface area contributed by atoms with Crippen molar-refractivity contribution < 1.29 is 4.79 Å². The van der Waals surface area contributed by atoms with E-state index in [1.807, 2.05) is 48.5 Å². The van der Waals surface area contributed by atoms with Gasteiger partial charge in [0.2, 0.25) is 5.91 Å². The fourth-order valence-electron chi connectivity index (χ4n) is 2.58. The number of carbonyl (C=O) groups excluding carboxylic acids is 1. The summed E-state index contributed by atoms with van der Waals surface area (Å²) in [5.41, 5.74) is 2.36. The minimum Gasteiger partial charge on any atom is -0.353 e. The monoisotopic (exact) mass is 367 g/mol. The normalized spacial score (nSPS) is 11.8. The van der Waals surface area contributed by atoms with Crippen LogP contribution in [0.2, 0.25) is 0 Å². The number of nitrogens with one attached hydrogen (secondary N) is 1. The standard InChI is InChI=1S/C19H21N5OS/c25-19(20-11-12-26-14-17-9-5-2-6-10-17)18(24-15-21-22-23-24)13-16-7-3-1-4-8-16/h1-10,15,18H,11-14H2,(H,20,25)/t18-/m0/s1. The van der Waals surface area contributed by atoms with E-state index in [2.05, 4.69) is 33.0 Å². The lowest BCUT2D eigenvalue weighted by molar-refractivity contribution is -0.124. The van der Waals surface area contributed by atoms with Gasteiger partial charge < -0.3 is 5.32 Å². The third-order valence-corrected chi connectivity index (χ3v) is 4.95. The molecular weight excluding hydrogens is 346 g/mol. The van der Waals surface area contributed by atoms with Crippen molar-refractivity contribution in [3.63, 3.8) is 0 Å². The summed E-state index contributed by atoms with van der Waals surface area (Å²) < 4.78 is 1.51. The summed E-state index contributed by atoms with van der Waals surface area (Å²) in [5.74, 6) is 1.73. The van der Waals surface area contributed by atoms with Crippen LogP contribution in [0.15, 0.2) is 67.0 Å². The summed E-state index contributed by atoms with van der Waals surface area (Å²) in [6.45, 7) is 0.615. The van der Waals surface area contributed by atoms with Crippen molar-refractivity contribution in [1.82, 2.24) is 25.5 Å². The number of hydrogen-bond acceptors (Lipinski definition) is 5. The molecule has 0 bridgehead atoms. The zero-order chi connectivity index (χ0) is 18.0. The van der Waals surface area contributed by atoms with Gasteiger partial charge in [-0.3, -0.25) is 4.79 Å². The summed E-state index contributed by atoms with van der Waals surface area (Å²) in [7, 11) is 0. The minimum atomic E-state index is -0.452. The van der Waals surface area contributed by atoms with Crippen molar-refractivity contribution in [2.45, 2.75) is 18.2 Å². The lowest BCUT2D eigenvalue weighted by atomic mass is 10.1. The molecule has 0 spiro atoms. The third-order valence-electron chi connectivity index (χ3n) is 3.92. The van der Waals surface area contributed by atoms with Crippen LogP contribution in [-0.2, 0) is 17.0 Å². The molecule has 1 heterocycles. The average molecular weight is 367 g/mol. The maximum absolute atomic E-state index is 12.6. The van der Waals surface area contributed by atoms with Crippen LogP contribution < -0.4 is 5.32 Å². The van der Waals surface area contributed by atoms with Crippen LogP contribution in [0.25, 0.3) is 0 Å². The molecular formula is C19H21N5OS. The van der Waals surface area contributed by atoms with Crippen LogP contribution in [0.4, 0.5) is 0 Å². The van der Waals surface area contributed by atoms with E-state index in [0.717, 1.165) is 17.1 Å². The number of benzene rings is 2. The number of thioether (sulfide) groups is 1. The van der Waals surface area contributed by atoms with Crippen molar-refractivity contribution >= 4 is 17.7 Å². The zero-order valence-electron chi connectivity index (χ0n) is 14.4. The molecule has 0 saturated heterocycles. The first-order chi connectivity index (χ1) is 12.8. The van der Waals surface area contributed by atoms with E-state index in [4.69, 9.17) is 0 Å². The number of carbonyl (C=O) groups is 1. The molecule has 0 aliphatic rings. The number of amides is 1. The van der Waals surface area contributed by atoms with Crippen molar-refractivity contribution in [3.8, 4) is 0 Å². The van der Waals surface area contributed by atoms with Gasteiger partial charge in [0.15, 0.2) is 0 Å². The molecule has 2 aromatic carbocycles. The highest BCUT2D eigenvalue weighted by Crippen LogP contribution is 2.14. The minimum absolute atomic E-state index is 0.0681. The lowest BCUT2D eigenvalue weighted by Gasteiger charge is -2.16. The van der Waals surface area contributed by atoms with Gasteiger partial charge in [0, 0.05) is 24.5 Å². The van der Waals surface area contributed by atoms with Gasteiger partial charge >= 0.3 is 0 Å². The molecule has 3 aromatic rings. The second-order valence-electron chi connectivity index (χ2n) is 5.82. The second-order valence-corrected chi connectivity index (χ2v) is 6.93. The van der Waals surface area contributed by atoms with E-state index in [9.17, 15) is 4.79 Å². The molecule has 0 aliphatic carbocycles. The van der Waals surface area contributed by atoms with Gasteiger partial charge in [-0.15, -0.1) is 5.10 Å². The predicted octanol–water partition coefficient (Wildman–Crippen LogP) is 2.51. The van der Waals surface area contributed by atoms with E-state index in [0.29, 0.717) is 13.0 Å². The molecule has 0 unspecified atom stereocenters. The highest BCUT2D eigenvalue weighted by Gasteiger charge is 2.21. The molecule has 7 heteroatoms. The molecule has 1 N–H and O–H groups in total. The first-order valence-electron chi connectivity index (χ1n) is 8.49. The predicted molar refractivity (Wildman–Crippen MR) is 103 cm³/mol. The molecule has 134 valence electrons. The number of hydrogen-bond donors (Lipinski definition) is 1. The van der Waals surface area contributed by atoms with E-state index in [-0.39, 0.29) is 5.91 Å². The Kier molecular flexibility index (Phi) is 6.78. The highest BCUT2D eigenvalue weighted by molar-refractivity contribution is 7.98. The van der Waals surface area contributed by atoms with E-state index in [1.165, 1.54) is 16.6 Å². The van der Waals surface area contributed by atoms with Crippen LogP contribution >= 0.6 is 11.8 Å². The van der Waals surface area contributed by atoms with Gasteiger partial charge in [0.25, 0.3) is 0 Å². The van der Waals surface area contributed by atoms with Gasteiger partial charge in [-0.25, -0.2) is 4.68 Å². The van der Waals surface area contributed by atoms with Crippen LogP contribution in [-0.4, -0.2) is 38.4 Å². The Balaban J connectivity index is 1.49. The third kappa shape index (κ3) is 5.42. The van der Waals surface area contributed by atoms with Crippen molar-refractivity contribution in [3.05, 3.63) is 78.1 Å². The van der Waals surface area contributed by atoms with E-state index in [1.54, 1.807) is 11.8 Å². The van der Waals surface area contributed by atoms with Gasteiger partial charge in [-0.1, -0.05) is 60.7 Å². The molecule has 0 saturated carbocycles. The number of nitrogens with zero attached hydrogens (tertiary/aromatic N) is 4. The first kappa shape index (κ1) is 18.1. The molecule has 26 heavy (non-hydrogen) atoms. The molecule has 0 fully saturated rings. The number of rotatable bonds is 9. The Labute approximate surface area is 157 Å². The van der Waals surface area contributed by atoms with Crippen LogP contribution in [0.1, 0.15) is 17.2 Å². The van der Waals surface area contributed by atoms with Crippen LogP contribution in [0, 0.1) is 0 Å². The summed E-state index contributed by atoms with van der Waals surface area (Å²) in [5, 5.41) is 14.2. The fourth-order valence-corrected chi connectivity index (χ4v) is 3.40. The van der Waals surface area contributed by atoms with E-state index < -0.39 is 6.04 Å². The summed E-state index contributed by atoms with van der Waals surface area (Å²) >= 11 is 1.80. The summed E-state index contributed by atoms with van der Waals surface area (Å²) in [4.78, 5) is 12.6. The summed E-state index contributed by atoms with van der Waals surface area (Å²) in [6, 6.07) is 19.7. The first-order valence-corrected chi connectivity index (χ1v) is 9.64. The quantitative estimate of drug-likeness (QED) is 0.588. The van der Waals surface area contributed by atoms with Gasteiger partial charge in [0.05, 0.1) is 0 Å². The highest BCUT2D eigenvalue weighted by atomic mass is 32.2. The summed E-state index contributed by atoms with van der Waals surface area (Å²) in [6.07, 6.45) is 2.03. The molecule has 6 nitrogen and oxygen atoms in total. The van der Waals surface area contributed by atoms with Gasteiger partial charge in [-0.05, 0) is 21.6 Å². The Bertz CT molecular complexity index is 780. The lowest BCUT2D eigenvalue weighted by Crippen LogP contribution is -2.35. The molecule has 1 amide bonds. The maximum Gasteiger partial charge on any atom is 0.245 e. The van der Waals surface area contributed by atoms with Crippen molar-refractivity contribution in [1.29, 1.82) is 0 Å². The van der Waals surface area contributed by atoms with Crippen molar-refractivity contribution in [2.24, 2.45) is 0 Å². The second kappa shape index (κ2) is 9.72. The number of aromatic nitrogens is 4. The Morgan fingerprint density at radius 2 is 1.73 bits per heavy atom. The van der Waals surface area contributed by atoms with Gasteiger partial charge in [-0.2, -0.15) is 11.8 Å². The molecule has 3 rings (SSSR count). The largest absolute Gasteiger partial charge is 0.353 e. The zero-order valence-corrected chi connectivity index (χ0v) is 15.2. The maximum atomic E-state index is 12.6.